The highest BCUT2D eigenvalue weighted by Gasteiger charge is 2.51. The molecule has 1 aromatic carbocycles. The normalized spacial score (nSPS) is 30.9. The second-order valence-electron chi connectivity index (χ2n) is 6.67. The van der Waals surface area contributed by atoms with Gasteiger partial charge in [0.2, 0.25) is 5.91 Å². The van der Waals surface area contributed by atoms with Crippen LogP contribution in [0.2, 0.25) is 0 Å². The van der Waals surface area contributed by atoms with Crippen molar-refractivity contribution >= 4 is 17.3 Å². The van der Waals surface area contributed by atoms with Gasteiger partial charge in [-0.3, -0.25) is 19.8 Å². The number of hydrogen-bond donors (Lipinski definition) is 0. The highest BCUT2D eigenvalue weighted by atomic mass is 16.6. The van der Waals surface area contributed by atoms with E-state index in [4.69, 9.17) is 0 Å². The summed E-state index contributed by atoms with van der Waals surface area (Å²) in [7, 11) is 0. The highest BCUT2D eigenvalue weighted by Crippen LogP contribution is 2.43. The molecule has 4 aliphatic heterocycles. The van der Waals surface area contributed by atoms with Crippen LogP contribution in [0.1, 0.15) is 37.8 Å². The molecule has 5 rings (SSSR count). The molecule has 0 aromatic heterocycles. The lowest BCUT2D eigenvalue weighted by molar-refractivity contribution is -0.385. The van der Waals surface area contributed by atoms with Gasteiger partial charge in [0.15, 0.2) is 0 Å². The Labute approximate surface area is 140 Å². The number of amides is 1. The monoisotopic (exact) mass is 328 g/mol. The zero-order chi connectivity index (χ0) is 16.8. The summed E-state index contributed by atoms with van der Waals surface area (Å²) < 4.78 is 0. The third kappa shape index (κ3) is 2.23. The van der Waals surface area contributed by atoms with E-state index >= 15 is 0 Å². The Morgan fingerprint density at radius 1 is 1.33 bits per heavy atom. The maximum Gasteiger partial charge on any atom is 0.269 e. The predicted molar refractivity (Wildman–Crippen MR) is 88.5 cm³/mol. The maximum atomic E-state index is 12.5. The molecule has 24 heavy (non-hydrogen) atoms. The second kappa shape index (κ2) is 5.66. The van der Waals surface area contributed by atoms with Gasteiger partial charge in [0.05, 0.1) is 16.7 Å². The number of non-ortho nitro benzene ring substituents is 1. The third-order valence-electron chi connectivity index (χ3n) is 5.41. The van der Waals surface area contributed by atoms with E-state index in [1.807, 2.05) is 13.0 Å². The van der Waals surface area contributed by atoms with Gasteiger partial charge in [0.25, 0.3) is 5.69 Å². The average molecular weight is 328 g/mol. The van der Waals surface area contributed by atoms with Crippen molar-refractivity contribution in [2.75, 3.05) is 13.1 Å². The van der Waals surface area contributed by atoms with Crippen molar-refractivity contribution in [3.8, 4) is 0 Å². The molecule has 3 fully saturated rings. The van der Waals surface area contributed by atoms with Crippen LogP contribution in [0.5, 0.6) is 0 Å². The van der Waals surface area contributed by atoms with E-state index < -0.39 is 0 Å². The molecule has 2 bridgehead atoms. The van der Waals surface area contributed by atoms with E-state index in [0.29, 0.717) is 12.3 Å². The summed E-state index contributed by atoms with van der Waals surface area (Å²) in [6, 6.07) is 6.44. The molecule has 1 amide bonds. The first-order chi connectivity index (χ1) is 11.6. The fraction of sp³-hybridized carbons (Fsp3) is 0.529. The Kier molecular flexibility index (Phi) is 3.60. The first-order valence-corrected chi connectivity index (χ1v) is 8.49. The number of nitro groups is 1. The summed E-state index contributed by atoms with van der Waals surface area (Å²) in [5.41, 5.74) is 1.94. The molecule has 0 saturated carbocycles. The van der Waals surface area contributed by atoms with Crippen LogP contribution >= 0.6 is 0 Å². The van der Waals surface area contributed by atoms with E-state index in [-0.39, 0.29) is 28.6 Å². The summed E-state index contributed by atoms with van der Waals surface area (Å²) in [4.78, 5) is 25.6. The average Bonchev–Trinajstić information content (AvgIpc) is 3.04. The van der Waals surface area contributed by atoms with Crippen LogP contribution in [0.4, 0.5) is 5.69 Å². The highest BCUT2D eigenvalue weighted by molar-refractivity contribution is 5.97. The van der Waals surface area contributed by atoms with Crippen LogP contribution in [0.15, 0.2) is 29.4 Å². The summed E-state index contributed by atoms with van der Waals surface area (Å²) >= 11 is 0. The van der Waals surface area contributed by atoms with Crippen LogP contribution < -0.4 is 0 Å². The molecule has 2 atom stereocenters. The zero-order valence-corrected chi connectivity index (χ0v) is 13.6. The Hall–Kier alpha value is -2.28. The molecule has 0 unspecified atom stereocenters. The fourth-order valence-electron chi connectivity index (χ4n) is 4.24. The van der Waals surface area contributed by atoms with Crippen LogP contribution in [0, 0.1) is 16.0 Å². The van der Waals surface area contributed by atoms with Gasteiger partial charge in [0.1, 0.15) is 6.04 Å². The number of nitro benzene ring substituents is 1. The van der Waals surface area contributed by atoms with Crippen LogP contribution in [-0.2, 0) is 4.79 Å². The Bertz CT molecular complexity index is 724. The first-order valence-electron chi connectivity index (χ1n) is 8.49. The number of hydrazone groups is 1. The second-order valence-corrected chi connectivity index (χ2v) is 6.67. The van der Waals surface area contributed by atoms with E-state index in [0.717, 1.165) is 37.2 Å². The number of benzene rings is 1. The number of carbonyl (C=O) groups is 1. The van der Waals surface area contributed by atoms with Gasteiger partial charge < -0.3 is 0 Å². The number of rotatable bonds is 3. The molecule has 4 heterocycles. The molecular weight excluding hydrogens is 308 g/mol. The van der Waals surface area contributed by atoms with Gasteiger partial charge in [-0.25, -0.2) is 5.01 Å². The standard InChI is InChI=1S/C17H20N4O3/c1-2-14(22)20-16(12-4-3-5-13(10-12)21(23)24)17-15(18-20)11-6-8-19(17)9-7-11/h3-5,10-11,16-17H,2,6-9H2,1H3/t16-,17-/m0/s1. The van der Waals surface area contributed by atoms with Crippen molar-refractivity contribution in [3.05, 3.63) is 39.9 Å². The molecule has 0 radical (unpaired) electrons. The van der Waals surface area contributed by atoms with Crippen molar-refractivity contribution in [2.45, 2.75) is 38.3 Å². The molecule has 0 spiro atoms. The van der Waals surface area contributed by atoms with Crippen LogP contribution in [0.25, 0.3) is 0 Å². The minimum Gasteiger partial charge on any atom is -0.293 e. The van der Waals surface area contributed by atoms with E-state index in [9.17, 15) is 14.9 Å². The minimum absolute atomic E-state index is 0.0333. The van der Waals surface area contributed by atoms with Gasteiger partial charge >= 0.3 is 0 Å². The van der Waals surface area contributed by atoms with Crippen molar-refractivity contribution in [1.29, 1.82) is 0 Å². The molecule has 0 aliphatic carbocycles. The number of hydrogen-bond acceptors (Lipinski definition) is 5. The van der Waals surface area contributed by atoms with Gasteiger partial charge in [-0.1, -0.05) is 19.1 Å². The lowest BCUT2D eigenvalue weighted by Gasteiger charge is -2.46. The molecule has 0 N–H and O–H groups in total. The van der Waals surface area contributed by atoms with Crippen LogP contribution in [-0.4, -0.2) is 45.6 Å². The number of fused-ring (bicyclic) bond motifs is 2. The summed E-state index contributed by atoms with van der Waals surface area (Å²) in [5.74, 6) is 0.407. The Balaban J connectivity index is 1.78. The smallest absolute Gasteiger partial charge is 0.269 e. The molecule has 3 saturated heterocycles. The van der Waals surface area contributed by atoms with Gasteiger partial charge in [-0.2, -0.15) is 5.10 Å². The lowest BCUT2D eigenvalue weighted by Crippen LogP contribution is -2.56. The maximum absolute atomic E-state index is 12.5. The number of piperidine rings is 3. The Morgan fingerprint density at radius 3 is 2.75 bits per heavy atom. The largest absolute Gasteiger partial charge is 0.293 e. The topological polar surface area (TPSA) is 79.0 Å². The van der Waals surface area contributed by atoms with Crippen molar-refractivity contribution in [2.24, 2.45) is 11.0 Å². The SMILES string of the molecule is CCC(=O)N1N=C2C3CCN(CC3)[C@@H]2[C@@H]1c1cccc([N+](=O)[O-])c1. The molecule has 7 heteroatoms. The van der Waals surface area contributed by atoms with E-state index in [1.54, 1.807) is 17.1 Å². The van der Waals surface area contributed by atoms with Gasteiger partial charge in [-0.05, 0) is 31.5 Å². The van der Waals surface area contributed by atoms with Crippen molar-refractivity contribution in [1.82, 2.24) is 9.91 Å². The number of nitrogens with zero attached hydrogens (tertiary/aromatic N) is 4. The van der Waals surface area contributed by atoms with Crippen molar-refractivity contribution < 1.29 is 9.72 Å². The van der Waals surface area contributed by atoms with Crippen LogP contribution in [0.3, 0.4) is 0 Å². The molecule has 4 aliphatic rings. The quantitative estimate of drug-likeness (QED) is 0.630. The fourth-order valence-corrected chi connectivity index (χ4v) is 4.24. The van der Waals surface area contributed by atoms with Gasteiger partial charge in [-0.15, -0.1) is 0 Å². The molecule has 7 nitrogen and oxygen atoms in total. The third-order valence-corrected chi connectivity index (χ3v) is 5.41. The van der Waals surface area contributed by atoms with E-state index in [2.05, 4.69) is 10.0 Å². The van der Waals surface area contributed by atoms with E-state index in [1.165, 1.54) is 6.07 Å². The number of carbonyl (C=O) groups excluding carboxylic acids is 1. The molecule has 126 valence electrons. The molecular formula is C17H20N4O3. The summed E-state index contributed by atoms with van der Waals surface area (Å²) in [6.07, 6.45) is 2.55. The minimum atomic E-state index is -0.389. The predicted octanol–water partition coefficient (Wildman–Crippen LogP) is 2.34. The summed E-state index contributed by atoms with van der Waals surface area (Å²) in [5, 5.41) is 17.4. The molecule has 1 aromatic rings. The summed E-state index contributed by atoms with van der Waals surface area (Å²) in [6.45, 7) is 3.84. The van der Waals surface area contributed by atoms with Gasteiger partial charge in [0, 0.05) is 24.5 Å². The lowest BCUT2D eigenvalue weighted by atomic mass is 9.78. The van der Waals surface area contributed by atoms with Crippen molar-refractivity contribution in [3.63, 3.8) is 0 Å². The first kappa shape index (κ1) is 15.3. The Morgan fingerprint density at radius 2 is 2.08 bits per heavy atom. The zero-order valence-electron chi connectivity index (χ0n) is 13.6.